The number of hydrogen-bond donors (Lipinski definition) is 2. The topological polar surface area (TPSA) is 60.8 Å². The van der Waals surface area contributed by atoms with Crippen molar-refractivity contribution >= 4 is 6.29 Å². The van der Waals surface area contributed by atoms with Crippen LogP contribution in [0.4, 0.5) is 0 Å². The Morgan fingerprint density at radius 1 is 1.42 bits per heavy atom. The summed E-state index contributed by atoms with van der Waals surface area (Å²) in [5, 5.41) is 18.5. The van der Waals surface area contributed by atoms with E-state index in [1.807, 2.05) is 0 Å². The highest BCUT2D eigenvalue weighted by molar-refractivity contribution is 5.50. The zero-order chi connectivity index (χ0) is 9.72. The van der Waals surface area contributed by atoms with E-state index in [-0.39, 0.29) is 12.5 Å². The third-order valence-electron chi connectivity index (χ3n) is 1.89. The van der Waals surface area contributed by atoms with Crippen LogP contribution in [0.5, 0.6) is 0 Å². The lowest BCUT2D eigenvalue weighted by Gasteiger charge is -2.28. The van der Waals surface area contributed by atoms with Crippen LogP contribution in [-0.2, 0) is 4.79 Å². The van der Waals surface area contributed by atoms with Crippen LogP contribution in [0, 0.1) is 0 Å². The van der Waals surface area contributed by atoms with Gasteiger partial charge in [0.1, 0.15) is 6.29 Å². The van der Waals surface area contributed by atoms with Gasteiger partial charge in [0.05, 0.1) is 12.2 Å². The molecule has 0 bridgehead atoms. The van der Waals surface area contributed by atoms with Gasteiger partial charge in [-0.3, -0.25) is 0 Å². The summed E-state index contributed by atoms with van der Waals surface area (Å²) in [6, 6.07) is -0.303. The maximum Gasteiger partial charge on any atom is 0.121 e. The number of aliphatic hydroxyl groups excluding tert-OH is 2. The molecule has 0 aliphatic rings. The summed E-state index contributed by atoms with van der Waals surface area (Å²) < 4.78 is 0. The fourth-order valence-corrected chi connectivity index (χ4v) is 1.08. The molecule has 0 fully saturated rings. The van der Waals surface area contributed by atoms with E-state index in [1.54, 1.807) is 19.0 Å². The van der Waals surface area contributed by atoms with Crippen molar-refractivity contribution in [2.45, 2.75) is 31.6 Å². The minimum Gasteiger partial charge on any atom is -0.391 e. The maximum absolute atomic E-state index is 10.2. The lowest BCUT2D eigenvalue weighted by Crippen LogP contribution is -2.44. The Hall–Kier alpha value is -0.450. The summed E-state index contributed by atoms with van der Waals surface area (Å²) in [7, 11) is 3.53. The van der Waals surface area contributed by atoms with Gasteiger partial charge in [0.15, 0.2) is 0 Å². The molecule has 0 amide bonds. The predicted molar refractivity (Wildman–Crippen MR) is 45.8 cm³/mol. The van der Waals surface area contributed by atoms with Crippen LogP contribution in [0.25, 0.3) is 0 Å². The summed E-state index contributed by atoms with van der Waals surface area (Å²) in [4.78, 5) is 12.0. The smallest absolute Gasteiger partial charge is 0.121 e. The van der Waals surface area contributed by atoms with Gasteiger partial charge in [-0.05, 0) is 21.0 Å². The second kappa shape index (κ2) is 5.24. The highest BCUT2D eigenvalue weighted by Crippen LogP contribution is 2.07. The summed E-state index contributed by atoms with van der Waals surface area (Å²) in [5.74, 6) is 0. The van der Waals surface area contributed by atoms with Crippen molar-refractivity contribution in [3.63, 3.8) is 0 Å². The Labute approximate surface area is 72.8 Å². The fourth-order valence-electron chi connectivity index (χ4n) is 1.08. The molecule has 0 radical (unpaired) electrons. The molecule has 0 aromatic rings. The Bertz CT molecular complexity index is 136. The lowest BCUT2D eigenvalue weighted by atomic mass is 10.0. The van der Waals surface area contributed by atoms with Crippen LogP contribution in [0.3, 0.4) is 0 Å². The van der Waals surface area contributed by atoms with E-state index < -0.39 is 12.2 Å². The number of carbonyl (C=O) groups excluding carboxylic acids is 1. The average molecular weight is 175 g/mol. The molecule has 72 valence electrons. The first kappa shape index (κ1) is 11.6. The number of nitrogens with zero attached hydrogens (tertiary/aromatic N) is 1. The summed E-state index contributed by atoms with van der Waals surface area (Å²) in [5.41, 5.74) is 0. The van der Waals surface area contributed by atoms with Crippen LogP contribution in [0.15, 0.2) is 0 Å². The summed E-state index contributed by atoms with van der Waals surface area (Å²) in [6.07, 6.45) is -0.697. The Balaban J connectivity index is 4.18. The van der Waals surface area contributed by atoms with E-state index in [0.717, 1.165) is 6.29 Å². The van der Waals surface area contributed by atoms with Crippen molar-refractivity contribution in [3.8, 4) is 0 Å². The molecule has 0 heterocycles. The quantitative estimate of drug-likeness (QED) is 0.540. The van der Waals surface area contributed by atoms with Crippen LogP contribution in [0.2, 0.25) is 0 Å². The molecule has 0 rings (SSSR count). The molecule has 3 atom stereocenters. The van der Waals surface area contributed by atoms with Gasteiger partial charge >= 0.3 is 0 Å². The van der Waals surface area contributed by atoms with Crippen molar-refractivity contribution in [3.05, 3.63) is 0 Å². The third-order valence-corrected chi connectivity index (χ3v) is 1.89. The molecule has 4 nitrogen and oxygen atoms in total. The standard InChI is InChI=1S/C8H17NO3/c1-6(11)8(12)7(4-5-10)9(2)3/h5-8,11-12H,4H2,1-3H3/t6-,7-,8+/m1/s1. The number of hydrogen-bond acceptors (Lipinski definition) is 4. The number of rotatable bonds is 5. The predicted octanol–water partition coefficient (Wildman–Crippen LogP) is -0.753. The fraction of sp³-hybridized carbons (Fsp3) is 0.875. The number of carbonyl (C=O) groups is 1. The second-order valence-corrected chi connectivity index (χ2v) is 3.16. The minimum atomic E-state index is -0.870. The second-order valence-electron chi connectivity index (χ2n) is 3.16. The molecular weight excluding hydrogens is 158 g/mol. The van der Waals surface area contributed by atoms with E-state index in [0.29, 0.717) is 0 Å². The minimum absolute atomic E-state index is 0.235. The SMILES string of the molecule is C[C@@H](O)[C@H](O)[C@@H](CC=O)N(C)C. The maximum atomic E-state index is 10.2. The highest BCUT2D eigenvalue weighted by atomic mass is 16.3. The molecule has 2 N–H and O–H groups in total. The van der Waals surface area contributed by atoms with Gasteiger partial charge in [-0.25, -0.2) is 0 Å². The molecular formula is C8H17NO3. The van der Waals surface area contributed by atoms with Gasteiger partial charge < -0.3 is 19.9 Å². The summed E-state index contributed by atoms with van der Waals surface area (Å²) >= 11 is 0. The van der Waals surface area contributed by atoms with E-state index in [1.165, 1.54) is 6.92 Å². The van der Waals surface area contributed by atoms with Gasteiger partial charge in [-0.2, -0.15) is 0 Å². The molecule has 0 aliphatic carbocycles. The number of aliphatic hydroxyl groups is 2. The zero-order valence-corrected chi connectivity index (χ0v) is 7.77. The van der Waals surface area contributed by atoms with Crippen LogP contribution in [0.1, 0.15) is 13.3 Å². The van der Waals surface area contributed by atoms with Crippen LogP contribution < -0.4 is 0 Å². The van der Waals surface area contributed by atoms with Gasteiger partial charge in [-0.1, -0.05) is 0 Å². The first-order chi connectivity index (χ1) is 5.50. The Kier molecular flexibility index (Phi) is 5.04. The number of aldehydes is 1. The van der Waals surface area contributed by atoms with Crippen molar-refractivity contribution in [1.29, 1.82) is 0 Å². The van der Waals surface area contributed by atoms with Crippen LogP contribution >= 0.6 is 0 Å². The molecule has 12 heavy (non-hydrogen) atoms. The molecule has 0 aromatic heterocycles. The molecule has 4 heteroatoms. The van der Waals surface area contributed by atoms with Crippen molar-refractivity contribution in [1.82, 2.24) is 4.90 Å². The average Bonchev–Trinajstić information content (AvgIpc) is 1.98. The van der Waals surface area contributed by atoms with E-state index >= 15 is 0 Å². The number of likely N-dealkylation sites (N-methyl/N-ethyl adjacent to an activating group) is 1. The van der Waals surface area contributed by atoms with E-state index in [9.17, 15) is 9.90 Å². The van der Waals surface area contributed by atoms with Gasteiger partial charge in [-0.15, -0.1) is 0 Å². The van der Waals surface area contributed by atoms with Gasteiger partial charge in [0, 0.05) is 12.5 Å². The molecule has 0 aliphatic heterocycles. The van der Waals surface area contributed by atoms with Crippen molar-refractivity contribution in [2.24, 2.45) is 0 Å². The van der Waals surface area contributed by atoms with Crippen molar-refractivity contribution in [2.75, 3.05) is 14.1 Å². The lowest BCUT2D eigenvalue weighted by molar-refractivity contribution is -0.110. The molecule has 0 saturated carbocycles. The van der Waals surface area contributed by atoms with E-state index in [2.05, 4.69) is 0 Å². The molecule has 0 aromatic carbocycles. The first-order valence-electron chi connectivity index (χ1n) is 3.97. The first-order valence-corrected chi connectivity index (χ1v) is 3.97. The Morgan fingerprint density at radius 3 is 2.17 bits per heavy atom. The molecule has 0 saturated heterocycles. The normalized spacial score (nSPS) is 18.8. The van der Waals surface area contributed by atoms with E-state index in [4.69, 9.17) is 5.11 Å². The Morgan fingerprint density at radius 2 is 1.92 bits per heavy atom. The summed E-state index contributed by atoms with van der Waals surface area (Å²) in [6.45, 7) is 1.51. The van der Waals surface area contributed by atoms with Crippen molar-refractivity contribution < 1.29 is 15.0 Å². The largest absolute Gasteiger partial charge is 0.391 e. The third kappa shape index (κ3) is 3.30. The monoisotopic (exact) mass is 175 g/mol. The highest BCUT2D eigenvalue weighted by Gasteiger charge is 2.24. The van der Waals surface area contributed by atoms with Crippen LogP contribution in [-0.4, -0.2) is 53.7 Å². The van der Waals surface area contributed by atoms with Gasteiger partial charge in [0.25, 0.3) is 0 Å². The van der Waals surface area contributed by atoms with Gasteiger partial charge in [0.2, 0.25) is 0 Å². The zero-order valence-electron chi connectivity index (χ0n) is 7.77. The molecule has 0 unspecified atom stereocenters. The molecule has 0 spiro atoms.